The largest absolute Gasteiger partial charge is 0.505 e. The molecule has 0 amide bonds. The summed E-state index contributed by atoms with van der Waals surface area (Å²) in [6.45, 7) is 0. The highest BCUT2D eigenvalue weighted by Gasteiger charge is 2.06. The molecule has 1 heterocycles. The number of hydrogen-bond acceptors (Lipinski definition) is 3. The van der Waals surface area contributed by atoms with Gasteiger partial charge in [-0.2, -0.15) is 4.39 Å². The lowest BCUT2D eigenvalue weighted by Crippen LogP contribution is -1.90. The highest BCUT2D eigenvalue weighted by molar-refractivity contribution is 5.27. The van der Waals surface area contributed by atoms with Crippen LogP contribution in [0.1, 0.15) is 0 Å². The quantitative estimate of drug-likeness (QED) is 0.636. The number of nitrogens with zero attached hydrogens (tertiary/aromatic N) is 1. The summed E-state index contributed by atoms with van der Waals surface area (Å²) >= 11 is 0. The number of aromatic hydroxyl groups is 1. The van der Waals surface area contributed by atoms with Gasteiger partial charge in [0.05, 0.1) is 7.11 Å². The van der Waals surface area contributed by atoms with Crippen molar-refractivity contribution in [2.24, 2.45) is 0 Å². The maximum atomic E-state index is 12.6. The van der Waals surface area contributed by atoms with Gasteiger partial charge < -0.3 is 9.84 Å². The molecule has 0 aliphatic heterocycles. The van der Waals surface area contributed by atoms with Gasteiger partial charge >= 0.3 is 0 Å². The molecule has 0 radical (unpaired) electrons. The normalized spacial score (nSPS) is 9.40. The van der Waals surface area contributed by atoms with Crippen LogP contribution in [0.4, 0.5) is 4.39 Å². The molecular weight excluding hydrogens is 137 g/mol. The summed E-state index contributed by atoms with van der Waals surface area (Å²) in [6, 6.07) is 1.15. The summed E-state index contributed by atoms with van der Waals surface area (Å²) in [5.74, 6) is -1.48. The monoisotopic (exact) mass is 143 g/mol. The molecule has 1 N–H and O–H groups in total. The first-order valence-corrected chi connectivity index (χ1v) is 2.63. The van der Waals surface area contributed by atoms with Crippen molar-refractivity contribution in [1.29, 1.82) is 0 Å². The molecule has 0 aromatic carbocycles. The molecule has 1 rings (SSSR count). The molecule has 1 aromatic rings. The average Bonchev–Trinajstić information content (AvgIpc) is 1.95. The number of halogens is 1. The van der Waals surface area contributed by atoms with Gasteiger partial charge in [-0.1, -0.05) is 0 Å². The van der Waals surface area contributed by atoms with Crippen molar-refractivity contribution in [3.8, 4) is 11.6 Å². The van der Waals surface area contributed by atoms with E-state index in [1.165, 1.54) is 13.3 Å². The van der Waals surface area contributed by atoms with Crippen LogP contribution < -0.4 is 4.74 Å². The van der Waals surface area contributed by atoms with Crippen molar-refractivity contribution in [2.75, 3.05) is 7.11 Å². The molecule has 0 bridgehead atoms. The highest BCUT2D eigenvalue weighted by atomic mass is 19.1. The third-order valence-corrected chi connectivity index (χ3v) is 1.03. The molecule has 1 aromatic heterocycles. The lowest BCUT2D eigenvalue weighted by atomic mass is 10.4. The second-order valence-electron chi connectivity index (χ2n) is 1.65. The molecule has 0 aliphatic rings. The van der Waals surface area contributed by atoms with Gasteiger partial charge in [-0.3, -0.25) is 0 Å². The minimum Gasteiger partial charge on any atom is -0.505 e. The van der Waals surface area contributed by atoms with E-state index in [0.717, 1.165) is 6.07 Å². The summed E-state index contributed by atoms with van der Waals surface area (Å²) in [7, 11) is 1.28. The van der Waals surface area contributed by atoms with Gasteiger partial charge in [-0.15, -0.1) is 0 Å². The van der Waals surface area contributed by atoms with Gasteiger partial charge in [0, 0.05) is 12.3 Å². The zero-order valence-corrected chi connectivity index (χ0v) is 5.34. The number of ether oxygens (including phenoxy) is 1. The van der Waals surface area contributed by atoms with Crippen molar-refractivity contribution in [2.45, 2.75) is 0 Å². The molecule has 0 fully saturated rings. The molecular formula is C6H6FNO2. The Balaban J connectivity index is 3.14. The molecule has 0 atom stereocenters. The number of hydrogen-bond donors (Lipinski definition) is 1. The third kappa shape index (κ3) is 1.00. The van der Waals surface area contributed by atoms with Gasteiger partial charge in [0.1, 0.15) is 0 Å². The standard InChI is InChI=1S/C6H6FNO2/c1-10-6-5(7)4(9)2-3-8-6/h2-3H,1H3,(H,8,9). The number of pyridine rings is 1. The molecule has 0 aliphatic carbocycles. The minimum atomic E-state index is -0.829. The summed E-state index contributed by atoms with van der Waals surface area (Å²) in [5.41, 5.74) is 0. The summed E-state index contributed by atoms with van der Waals surface area (Å²) in [5, 5.41) is 8.74. The Kier molecular flexibility index (Phi) is 1.71. The number of methoxy groups -OCH3 is 1. The summed E-state index contributed by atoms with van der Waals surface area (Å²) < 4.78 is 17.0. The fraction of sp³-hybridized carbons (Fsp3) is 0.167. The lowest BCUT2D eigenvalue weighted by Gasteiger charge is -1.99. The molecule has 0 unspecified atom stereocenters. The van der Waals surface area contributed by atoms with Crippen LogP contribution in [0.15, 0.2) is 12.3 Å². The van der Waals surface area contributed by atoms with Crippen LogP contribution in [0.3, 0.4) is 0 Å². The van der Waals surface area contributed by atoms with Gasteiger partial charge in [0.15, 0.2) is 5.75 Å². The number of rotatable bonds is 1. The molecule has 0 spiro atoms. The molecule has 0 saturated carbocycles. The smallest absolute Gasteiger partial charge is 0.254 e. The van der Waals surface area contributed by atoms with Crippen LogP contribution in [0.25, 0.3) is 0 Å². The Morgan fingerprint density at radius 3 is 2.90 bits per heavy atom. The van der Waals surface area contributed by atoms with E-state index in [0.29, 0.717) is 0 Å². The van der Waals surface area contributed by atoms with Crippen molar-refractivity contribution >= 4 is 0 Å². The Morgan fingerprint density at radius 2 is 2.40 bits per heavy atom. The fourth-order valence-corrected chi connectivity index (χ4v) is 0.557. The van der Waals surface area contributed by atoms with E-state index in [4.69, 9.17) is 5.11 Å². The van der Waals surface area contributed by atoms with Gasteiger partial charge in [0.2, 0.25) is 5.82 Å². The van der Waals surface area contributed by atoms with E-state index in [9.17, 15) is 4.39 Å². The zero-order chi connectivity index (χ0) is 7.56. The Bertz CT molecular complexity index is 239. The topological polar surface area (TPSA) is 42.4 Å². The van der Waals surface area contributed by atoms with E-state index in [-0.39, 0.29) is 5.88 Å². The average molecular weight is 143 g/mol. The van der Waals surface area contributed by atoms with E-state index in [2.05, 4.69) is 9.72 Å². The van der Waals surface area contributed by atoms with Gasteiger partial charge in [0.25, 0.3) is 5.88 Å². The van der Waals surface area contributed by atoms with Crippen LogP contribution in [-0.2, 0) is 0 Å². The van der Waals surface area contributed by atoms with Crippen LogP contribution in [0.2, 0.25) is 0 Å². The highest BCUT2D eigenvalue weighted by Crippen LogP contribution is 2.21. The summed E-state index contributed by atoms with van der Waals surface area (Å²) in [6.07, 6.45) is 1.26. The summed E-state index contributed by atoms with van der Waals surface area (Å²) in [4.78, 5) is 3.50. The Hall–Kier alpha value is -1.32. The van der Waals surface area contributed by atoms with Gasteiger partial charge in [-0.05, 0) is 0 Å². The second kappa shape index (κ2) is 2.51. The predicted molar refractivity (Wildman–Crippen MR) is 32.4 cm³/mol. The van der Waals surface area contributed by atoms with E-state index in [1.54, 1.807) is 0 Å². The van der Waals surface area contributed by atoms with Crippen LogP contribution >= 0.6 is 0 Å². The maximum Gasteiger partial charge on any atom is 0.254 e. The molecule has 4 heteroatoms. The molecule has 0 saturated heterocycles. The predicted octanol–water partition coefficient (Wildman–Crippen LogP) is 0.935. The van der Waals surface area contributed by atoms with Crippen molar-refractivity contribution in [3.63, 3.8) is 0 Å². The van der Waals surface area contributed by atoms with Crippen LogP contribution in [-0.4, -0.2) is 17.2 Å². The molecule has 10 heavy (non-hydrogen) atoms. The molecule has 54 valence electrons. The molecule has 3 nitrogen and oxygen atoms in total. The Morgan fingerprint density at radius 1 is 1.70 bits per heavy atom. The maximum absolute atomic E-state index is 12.6. The van der Waals surface area contributed by atoms with Crippen LogP contribution in [0, 0.1) is 5.82 Å². The van der Waals surface area contributed by atoms with Crippen LogP contribution in [0.5, 0.6) is 11.6 Å². The lowest BCUT2D eigenvalue weighted by molar-refractivity contribution is 0.349. The minimum absolute atomic E-state index is 0.194. The van der Waals surface area contributed by atoms with E-state index in [1.807, 2.05) is 0 Å². The van der Waals surface area contributed by atoms with Crippen molar-refractivity contribution in [3.05, 3.63) is 18.1 Å². The van der Waals surface area contributed by atoms with E-state index < -0.39 is 11.6 Å². The zero-order valence-electron chi connectivity index (χ0n) is 5.34. The first-order valence-electron chi connectivity index (χ1n) is 2.63. The number of aromatic nitrogens is 1. The SMILES string of the molecule is COc1nccc(O)c1F. The fourth-order valence-electron chi connectivity index (χ4n) is 0.557. The first kappa shape index (κ1) is 6.80. The van der Waals surface area contributed by atoms with Crippen molar-refractivity contribution < 1.29 is 14.2 Å². The van der Waals surface area contributed by atoms with Crippen molar-refractivity contribution in [1.82, 2.24) is 4.98 Å². The Labute approximate surface area is 57.1 Å². The second-order valence-corrected chi connectivity index (χ2v) is 1.65. The third-order valence-electron chi connectivity index (χ3n) is 1.03. The first-order chi connectivity index (χ1) is 4.75. The van der Waals surface area contributed by atoms with E-state index >= 15 is 0 Å². The van der Waals surface area contributed by atoms with Gasteiger partial charge in [-0.25, -0.2) is 4.98 Å².